The Bertz CT molecular complexity index is 325. The molecule has 0 saturated heterocycles. The minimum Gasteiger partial charge on any atom is -0.194 e. The number of rotatable bonds is 3. The van der Waals surface area contributed by atoms with Gasteiger partial charge in [-0.3, -0.25) is 0 Å². The summed E-state index contributed by atoms with van der Waals surface area (Å²) in [6.07, 6.45) is 3.72. The van der Waals surface area contributed by atoms with Gasteiger partial charge in [0.2, 0.25) is 0 Å². The van der Waals surface area contributed by atoms with Crippen LogP contribution >= 0.6 is 0 Å². The van der Waals surface area contributed by atoms with Crippen molar-refractivity contribution in [3.8, 4) is 0 Å². The predicted molar refractivity (Wildman–Crippen MR) is 64.4 cm³/mol. The Morgan fingerprint density at radius 3 is 1.88 bits per heavy atom. The van der Waals surface area contributed by atoms with E-state index in [1.54, 1.807) is 0 Å². The average Bonchev–Trinajstić information content (AvgIpc) is 2.16. The summed E-state index contributed by atoms with van der Waals surface area (Å²) >= 11 is 0. The molecule has 96 valence electrons. The van der Waals surface area contributed by atoms with Gasteiger partial charge in [0, 0.05) is 0 Å². The first-order valence-corrected chi connectivity index (χ1v) is 7.48. The summed E-state index contributed by atoms with van der Waals surface area (Å²) in [5.74, 6) is 1.29. The minimum absolute atomic E-state index is 0.0301. The molecule has 1 aliphatic carbocycles. The van der Waals surface area contributed by atoms with E-state index in [0.717, 1.165) is 25.7 Å². The van der Waals surface area contributed by atoms with Gasteiger partial charge in [0.25, 0.3) is 0 Å². The van der Waals surface area contributed by atoms with Crippen LogP contribution in [0.15, 0.2) is 0 Å². The monoisotopic (exact) mass is 250 g/mol. The second-order valence-corrected chi connectivity index (χ2v) is 7.82. The van der Waals surface area contributed by atoms with Crippen molar-refractivity contribution in [2.24, 2.45) is 17.8 Å². The van der Waals surface area contributed by atoms with Gasteiger partial charge in [0.15, 0.2) is 0 Å². The van der Waals surface area contributed by atoms with E-state index in [-0.39, 0.29) is 5.92 Å². The number of halogens is 1. The third-order valence-corrected chi connectivity index (χ3v) is 5.92. The normalized spacial score (nSPS) is 28.4. The van der Waals surface area contributed by atoms with Crippen molar-refractivity contribution in [3.63, 3.8) is 0 Å². The van der Waals surface area contributed by atoms with Crippen molar-refractivity contribution in [3.05, 3.63) is 0 Å². The minimum atomic E-state index is -4.44. The molecule has 16 heavy (non-hydrogen) atoms. The van der Waals surface area contributed by atoms with Crippen LogP contribution in [-0.4, -0.2) is 13.2 Å². The second-order valence-electron chi connectivity index (χ2n) is 5.90. The van der Waals surface area contributed by atoms with Gasteiger partial charge < -0.3 is 0 Å². The first-order valence-electron chi connectivity index (χ1n) is 6.10. The van der Waals surface area contributed by atoms with Gasteiger partial charge in [-0.1, -0.05) is 13.8 Å². The summed E-state index contributed by atoms with van der Waals surface area (Å²) in [5.41, 5.74) is 0. The summed E-state index contributed by atoms with van der Waals surface area (Å²) in [7, 11) is -4.44. The molecular formula is C12H23FO2S. The molecule has 0 spiro atoms. The van der Waals surface area contributed by atoms with E-state index in [0.29, 0.717) is 11.8 Å². The van der Waals surface area contributed by atoms with Crippen LogP contribution in [0.4, 0.5) is 3.89 Å². The molecule has 0 aliphatic heterocycles. The number of hydrogen-bond acceptors (Lipinski definition) is 2. The molecule has 0 amide bonds. The third kappa shape index (κ3) is 2.76. The van der Waals surface area contributed by atoms with E-state index in [1.807, 2.05) is 0 Å². The fourth-order valence-corrected chi connectivity index (χ4v) is 3.31. The molecule has 0 aromatic rings. The molecule has 0 heterocycles. The molecule has 0 N–H and O–H groups in total. The fraction of sp³-hybridized carbons (Fsp3) is 1.00. The molecule has 1 saturated carbocycles. The summed E-state index contributed by atoms with van der Waals surface area (Å²) in [4.78, 5) is 0. The van der Waals surface area contributed by atoms with Crippen LogP contribution in [0.5, 0.6) is 0 Å². The summed E-state index contributed by atoms with van der Waals surface area (Å²) in [6.45, 7) is 7.43. The lowest BCUT2D eigenvalue weighted by atomic mass is 9.73. The second kappa shape index (κ2) is 4.63. The Balaban J connectivity index is 2.67. The topological polar surface area (TPSA) is 34.1 Å². The SMILES string of the molecule is CC(C)C1CCC(C(C)(C)S(=O)(=O)F)CC1. The predicted octanol–water partition coefficient (Wildman–Crippen LogP) is 3.53. The average molecular weight is 250 g/mol. The maximum Gasteiger partial charge on any atom is 0.307 e. The molecule has 0 aromatic heterocycles. The largest absolute Gasteiger partial charge is 0.307 e. The Kier molecular flexibility index (Phi) is 4.04. The molecule has 0 radical (unpaired) electrons. The molecule has 0 aromatic carbocycles. The molecule has 0 unspecified atom stereocenters. The zero-order valence-corrected chi connectivity index (χ0v) is 11.5. The van der Waals surface area contributed by atoms with Crippen molar-refractivity contribution in [2.45, 2.75) is 58.1 Å². The van der Waals surface area contributed by atoms with Crippen LogP contribution in [0.3, 0.4) is 0 Å². The molecular weight excluding hydrogens is 227 g/mol. The highest BCUT2D eigenvalue weighted by Crippen LogP contribution is 2.41. The molecule has 4 heteroatoms. The van der Waals surface area contributed by atoms with E-state index in [4.69, 9.17) is 0 Å². The maximum atomic E-state index is 13.2. The molecule has 1 aliphatic rings. The first-order chi connectivity index (χ1) is 7.16. The van der Waals surface area contributed by atoms with Crippen molar-refractivity contribution in [1.82, 2.24) is 0 Å². The Morgan fingerprint density at radius 2 is 1.56 bits per heavy atom. The van der Waals surface area contributed by atoms with Crippen LogP contribution < -0.4 is 0 Å². The highest BCUT2D eigenvalue weighted by molar-refractivity contribution is 7.87. The van der Waals surface area contributed by atoms with Gasteiger partial charge in [-0.05, 0) is 57.3 Å². The third-order valence-electron chi connectivity index (χ3n) is 4.33. The standard InChI is InChI=1S/C12H23FO2S/c1-9(2)10-5-7-11(8-6-10)12(3,4)16(13,14)15/h9-11H,5-8H2,1-4H3. The van der Waals surface area contributed by atoms with Gasteiger partial charge >= 0.3 is 10.2 Å². The van der Waals surface area contributed by atoms with Crippen LogP contribution in [0.1, 0.15) is 53.4 Å². The van der Waals surface area contributed by atoms with Gasteiger partial charge in [0.05, 0.1) is 4.75 Å². The highest BCUT2D eigenvalue weighted by atomic mass is 32.3. The van der Waals surface area contributed by atoms with Crippen LogP contribution in [-0.2, 0) is 10.2 Å². The van der Waals surface area contributed by atoms with E-state index in [9.17, 15) is 12.3 Å². The summed E-state index contributed by atoms with van der Waals surface area (Å²) in [5, 5.41) is 0. The smallest absolute Gasteiger partial charge is 0.194 e. The van der Waals surface area contributed by atoms with Crippen molar-refractivity contribution < 1.29 is 12.3 Å². The summed E-state index contributed by atoms with van der Waals surface area (Å²) < 4.78 is 34.2. The molecule has 0 atom stereocenters. The van der Waals surface area contributed by atoms with Crippen molar-refractivity contribution in [1.29, 1.82) is 0 Å². The Hall–Kier alpha value is -0.120. The lowest BCUT2D eigenvalue weighted by Crippen LogP contribution is -2.40. The van der Waals surface area contributed by atoms with Gasteiger partial charge in [-0.2, -0.15) is 8.42 Å². The zero-order chi connectivity index (χ0) is 12.6. The lowest BCUT2D eigenvalue weighted by molar-refractivity contribution is 0.195. The van der Waals surface area contributed by atoms with Crippen LogP contribution in [0.25, 0.3) is 0 Å². The van der Waals surface area contributed by atoms with Crippen molar-refractivity contribution >= 4 is 10.2 Å². The fourth-order valence-electron chi connectivity index (χ4n) is 2.68. The molecule has 1 fully saturated rings. The quantitative estimate of drug-likeness (QED) is 0.718. The van der Waals surface area contributed by atoms with E-state index in [2.05, 4.69) is 13.8 Å². The first kappa shape index (κ1) is 13.9. The van der Waals surface area contributed by atoms with Crippen molar-refractivity contribution in [2.75, 3.05) is 0 Å². The molecule has 0 bridgehead atoms. The van der Waals surface area contributed by atoms with Crippen LogP contribution in [0.2, 0.25) is 0 Å². The van der Waals surface area contributed by atoms with E-state index >= 15 is 0 Å². The molecule has 2 nitrogen and oxygen atoms in total. The lowest BCUT2D eigenvalue weighted by Gasteiger charge is -2.37. The Labute approximate surface area is 98.8 Å². The van der Waals surface area contributed by atoms with Crippen LogP contribution in [0, 0.1) is 17.8 Å². The summed E-state index contributed by atoms with van der Waals surface area (Å²) in [6, 6.07) is 0. The van der Waals surface area contributed by atoms with Gasteiger partial charge in [-0.25, -0.2) is 0 Å². The van der Waals surface area contributed by atoms with Gasteiger partial charge in [-0.15, -0.1) is 3.89 Å². The highest BCUT2D eigenvalue weighted by Gasteiger charge is 2.43. The Morgan fingerprint density at radius 1 is 1.12 bits per heavy atom. The number of hydrogen-bond donors (Lipinski definition) is 0. The zero-order valence-electron chi connectivity index (χ0n) is 10.7. The molecule has 1 rings (SSSR count). The maximum absolute atomic E-state index is 13.2. The van der Waals surface area contributed by atoms with Gasteiger partial charge in [0.1, 0.15) is 0 Å². The van der Waals surface area contributed by atoms with E-state index in [1.165, 1.54) is 13.8 Å². The van der Waals surface area contributed by atoms with E-state index < -0.39 is 15.0 Å².